The molecule has 20 heavy (non-hydrogen) atoms. The van der Waals surface area contributed by atoms with Crippen LogP contribution in [0.1, 0.15) is 66.2 Å². The number of nitrogens with one attached hydrogen (secondary N) is 1. The van der Waals surface area contributed by atoms with Crippen molar-refractivity contribution in [2.45, 2.75) is 71.8 Å². The maximum Gasteiger partial charge on any atom is 0.00966 e. The molecule has 0 amide bonds. The maximum atomic E-state index is 3.67. The molecule has 2 heteroatoms. The lowest BCUT2D eigenvalue weighted by molar-refractivity contribution is 0.228. The average Bonchev–Trinajstić information content (AvgIpc) is 2.81. The van der Waals surface area contributed by atoms with E-state index in [0.717, 1.165) is 17.8 Å². The highest BCUT2D eigenvalue weighted by molar-refractivity contribution is 4.81. The van der Waals surface area contributed by atoms with Gasteiger partial charge >= 0.3 is 0 Å². The summed E-state index contributed by atoms with van der Waals surface area (Å²) in [4.78, 5) is 2.72. The molecule has 1 saturated heterocycles. The lowest BCUT2D eigenvalue weighted by Gasteiger charge is -2.28. The SMILES string of the molecule is CC1CCCC(CCN2CCC(CNC(C)(C)C)C2)C1. The van der Waals surface area contributed by atoms with Crippen molar-refractivity contribution < 1.29 is 0 Å². The number of likely N-dealkylation sites (tertiary alicyclic amines) is 1. The third kappa shape index (κ3) is 5.73. The van der Waals surface area contributed by atoms with Gasteiger partial charge in [0.1, 0.15) is 0 Å². The minimum absolute atomic E-state index is 0.269. The van der Waals surface area contributed by atoms with Crippen molar-refractivity contribution in [3.05, 3.63) is 0 Å². The summed E-state index contributed by atoms with van der Waals surface area (Å²) < 4.78 is 0. The first kappa shape index (κ1) is 16.3. The fourth-order valence-corrected chi connectivity index (χ4v) is 3.92. The highest BCUT2D eigenvalue weighted by atomic mass is 15.1. The van der Waals surface area contributed by atoms with Crippen LogP contribution in [-0.4, -0.2) is 36.6 Å². The standard InChI is InChI=1S/C18H36N2/c1-15-6-5-7-16(12-15)8-10-20-11-9-17(14-20)13-19-18(2,3)4/h15-17,19H,5-14H2,1-4H3. The smallest absolute Gasteiger partial charge is 0.00966 e. The van der Waals surface area contributed by atoms with Gasteiger partial charge in [-0.15, -0.1) is 0 Å². The molecule has 3 unspecified atom stereocenters. The summed E-state index contributed by atoms with van der Waals surface area (Å²) >= 11 is 0. The molecule has 3 atom stereocenters. The van der Waals surface area contributed by atoms with E-state index in [1.54, 1.807) is 0 Å². The van der Waals surface area contributed by atoms with Gasteiger partial charge in [0, 0.05) is 12.1 Å². The summed E-state index contributed by atoms with van der Waals surface area (Å²) in [6.07, 6.45) is 8.77. The van der Waals surface area contributed by atoms with Gasteiger partial charge in [-0.05, 0) is 77.4 Å². The number of hydrogen-bond donors (Lipinski definition) is 1. The van der Waals surface area contributed by atoms with Gasteiger partial charge in [-0.1, -0.05) is 26.2 Å². The van der Waals surface area contributed by atoms with Crippen LogP contribution in [0.3, 0.4) is 0 Å². The Labute approximate surface area is 126 Å². The molecule has 1 N–H and O–H groups in total. The Kier molecular flexibility index (Phi) is 5.92. The Morgan fingerprint density at radius 1 is 1.10 bits per heavy atom. The molecule has 2 nitrogen and oxygen atoms in total. The zero-order valence-electron chi connectivity index (χ0n) is 14.3. The summed E-state index contributed by atoms with van der Waals surface area (Å²) in [5.74, 6) is 2.88. The molecule has 1 heterocycles. The van der Waals surface area contributed by atoms with Crippen molar-refractivity contribution in [3.8, 4) is 0 Å². The fourth-order valence-electron chi connectivity index (χ4n) is 3.92. The maximum absolute atomic E-state index is 3.67. The van der Waals surface area contributed by atoms with Crippen molar-refractivity contribution in [2.24, 2.45) is 17.8 Å². The minimum Gasteiger partial charge on any atom is -0.312 e. The second kappa shape index (κ2) is 7.26. The van der Waals surface area contributed by atoms with E-state index in [2.05, 4.69) is 37.9 Å². The summed E-state index contributed by atoms with van der Waals surface area (Å²) in [7, 11) is 0. The highest BCUT2D eigenvalue weighted by Gasteiger charge is 2.25. The Morgan fingerprint density at radius 3 is 2.60 bits per heavy atom. The molecule has 2 aliphatic rings. The molecule has 0 bridgehead atoms. The van der Waals surface area contributed by atoms with Gasteiger partial charge in [-0.3, -0.25) is 0 Å². The molecule has 1 aliphatic heterocycles. The Balaban J connectivity index is 1.61. The molecule has 1 aliphatic carbocycles. The molecule has 0 aromatic rings. The van der Waals surface area contributed by atoms with Crippen LogP contribution in [0.5, 0.6) is 0 Å². The molecular formula is C18H36N2. The van der Waals surface area contributed by atoms with Gasteiger partial charge in [-0.25, -0.2) is 0 Å². The zero-order chi connectivity index (χ0) is 14.6. The van der Waals surface area contributed by atoms with Gasteiger partial charge in [0.25, 0.3) is 0 Å². The Hall–Kier alpha value is -0.0800. The van der Waals surface area contributed by atoms with E-state index < -0.39 is 0 Å². The lowest BCUT2D eigenvalue weighted by Crippen LogP contribution is -2.39. The van der Waals surface area contributed by atoms with Crippen LogP contribution in [0.25, 0.3) is 0 Å². The molecule has 0 radical (unpaired) electrons. The first-order chi connectivity index (χ1) is 9.42. The van der Waals surface area contributed by atoms with Gasteiger partial charge < -0.3 is 10.2 Å². The fraction of sp³-hybridized carbons (Fsp3) is 1.00. The van der Waals surface area contributed by atoms with Crippen LogP contribution < -0.4 is 5.32 Å². The van der Waals surface area contributed by atoms with Gasteiger partial charge in [0.2, 0.25) is 0 Å². The first-order valence-electron chi connectivity index (χ1n) is 8.90. The zero-order valence-corrected chi connectivity index (χ0v) is 14.3. The van der Waals surface area contributed by atoms with Crippen molar-refractivity contribution in [1.29, 1.82) is 0 Å². The second-order valence-electron chi connectivity index (χ2n) is 8.51. The van der Waals surface area contributed by atoms with Crippen molar-refractivity contribution in [2.75, 3.05) is 26.2 Å². The molecule has 2 rings (SSSR count). The predicted molar refractivity (Wildman–Crippen MR) is 88.0 cm³/mol. The van der Waals surface area contributed by atoms with Crippen LogP contribution >= 0.6 is 0 Å². The van der Waals surface area contributed by atoms with Crippen LogP contribution in [0.2, 0.25) is 0 Å². The van der Waals surface area contributed by atoms with Crippen molar-refractivity contribution in [3.63, 3.8) is 0 Å². The minimum atomic E-state index is 0.269. The third-order valence-electron chi connectivity index (χ3n) is 5.19. The summed E-state index contributed by atoms with van der Waals surface area (Å²) in [5, 5.41) is 3.67. The Bertz CT molecular complexity index is 282. The molecule has 118 valence electrons. The third-order valence-corrected chi connectivity index (χ3v) is 5.19. The molecule has 2 fully saturated rings. The van der Waals surface area contributed by atoms with E-state index in [9.17, 15) is 0 Å². The highest BCUT2D eigenvalue weighted by Crippen LogP contribution is 2.31. The van der Waals surface area contributed by atoms with Crippen molar-refractivity contribution >= 4 is 0 Å². The van der Waals surface area contributed by atoms with Gasteiger partial charge in [0.05, 0.1) is 0 Å². The second-order valence-corrected chi connectivity index (χ2v) is 8.51. The topological polar surface area (TPSA) is 15.3 Å². The van der Waals surface area contributed by atoms with E-state index in [4.69, 9.17) is 0 Å². The average molecular weight is 281 g/mol. The van der Waals surface area contributed by atoms with E-state index >= 15 is 0 Å². The number of nitrogens with zero attached hydrogens (tertiary/aromatic N) is 1. The van der Waals surface area contributed by atoms with Crippen molar-refractivity contribution in [1.82, 2.24) is 10.2 Å². The largest absolute Gasteiger partial charge is 0.312 e. The van der Waals surface area contributed by atoms with Crippen LogP contribution in [0.15, 0.2) is 0 Å². The Morgan fingerprint density at radius 2 is 1.90 bits per heavy atom. The molecule has 0 aromatic carbocycles. The molecular weight excluding hydrogens is 244 g/mol. The molecule has 0 aromatic heterocycles. The lowest BCUT2D eigenvalue weighted by atomic mass is 9.81. The number of hydrogen-bond acceptors (Lipinski definition) is 2. The van der Waals surface area contributed by atoms with E-state index in [1.807, 2.05) is 0 Å². The van der Waals surface area contributed by atoms with Crippen LogP contribution in [0.4, 0.5) is 0 Å². The normalized spacial score (nSPS) is 32.7. The molecule has 1 saturated carbocycles. The quantitative estimate of drug-likeness (QED) is 0.821. The van der Waals surface area contributed by atoms with Crippen LogP contribution in [-0.2, 0) is 0 Å². The number of rotatable bonds is 5. The predicted octanol–water partition coefficient (Wildman–Crippen LogP) is 3.91. The van der Waals surface area contributed by atoms with Gasteiger partial charge in [0.15, 0.2) is 0 Å². The van der Waals surface area contributed by atoms with E-state index in [1.165, 1.54) is 64.7 Å². The van der Waals surface area contributed by atoms with E-state index in [0.29, 0.717) is 0 Å². The summed E-state index contributed by atoms with van der Waals surface area (Å²) in [6.45, 7) is 14.4. The first-order valence-corrected chi connectivity index (χ1v) is 8.90. The van der Waals surface area contributed by atoms with Gasteiger partial charge in [-0.2, -0.15) is 0 Å². The van der Waals surface area contributed by atoms with E-state index in [-0.39, 0.29) is 5.54 Å². The summed E-state index contributed by atoms with van der Waals surface area (Å²) in [6, 6.07) is 0. The summed E-state index contributed by atoms with van der Waals surface area (Å²) in [5.41, 5.74) is 0.269. The van der Waals surface area contributed by atoms with Crippen LogP contribution in [0, 0.1) is 17.8 Å². The molecule has 0 spiro atoms. The monoisotopic (exact) mass is 280 g/mol.